The van der Waals surface area contributed by atoms with E-state index in [1.54, 1.807) is 0 Å². The molecule has 12 rings (SSSR count). The standard InChI is InChI=1S/C44H25BN2/c1-3-9-26(10-4-1)30-20-22-37-33(23-30)35-25-31(27-11-5-2-6-12-27)24-34-32-14-8-16-39-42(32)45(47(37)43(34)35)36-21-19-29-18-17-28-13-7-15-38-40(28)41(29)44(36)46(38)39/h1-25H. The summed E-state index contributed by atoms with van der Waals surface area (Å²) < 4.78 is 5.24. The van der Waals surface area contributed by atoms with E-state index < -0.39 is 0 Å². The summed E-state index contributed by atoms with van der Waals surface area (Å²) in [5, 5.41) is 7.99. The van der Waals surface area contributed by atoms with Crippen LogP contribution in [0, 0.1) is 0 Å². The molecule has 8 aromatic carbocycles. The van der Waals surface area contributed by atoms with Gasteiger partial charge in [0.05, 0.1) is 11.0 Å². The molecule has 0 saturated heterocycles. The summed E-state index contributed by atoms with van der Waals surface area (Å²) in [4.78, 5) is 0. The normalized spacial score (nSPS) is 13.1. The van der Waals surface area contributed by atoms with Crippen molar-refractivity contribution in [1.29, 1.82) is 0 Å². The van der Waals surface area contributed by atoms with E-state index in [2.05, 4.69) is 161 Å². The lowest BCUT2D eigenvalue weighted by atomic mass is 9.45. The van der Waals surface area contributed by atoms with E-state index in [-0.39, 0.29) is 6.85 Å². The molecule has 0 aliphatic carbocycles. The third-order valence-corrected chi connectivity index (χ3v) is 11.0. The molecule has 47 heavy (non-hydrogen) atoms. The van der Waals surface area contributed by atoms with Crippen molar-refractivity contribution < 1.29 is 0 Å². The Hall–Kier alpha value is -6.06. The average molecular weight is 593 g/mol. The molecule has 10 aromatic rings. The molecule has 2 aromatic heterocycles. The van der Waals surface area contributed by atoms with Crippen LogP contribution in [0.2, 0.25) is 0 Å². The van der Waals surface area contributed by atoms with Gasteiger partial charge in [-0.25, -0.2) is 0 Å². The summed E-state index contributed by atoms with van der Waals surface area (Å²) in [6, 6.07) is 56.7. The minimum Gasteiger partial charge on any atom is -0.375 e. The number of nitrogens with zero attached hydrogens (tertiary/aromatic N) is 2. The van der Waals surface area contributed by atoms with Gasteiger partial charge < -0.3 is 9.05 Å². The average Bonchev–Trinajstić information content (AvgIpc) is 3.67. The minimum absolute atomic E-state index is 0.0686. The van der Waals surface area contributed by atoms with Crippen molar-refractivity contribution in [2.24, 2.45) is 0 Å². The first-order chi connectivity index (χ1) is 23.3. The first-order valence-corrected chi connectivity index (χ1v) is 16.5. The van der Waals surface area contributed by atoms with Gasteiger partial charge in [0.25, 0.3) is 0 Å². The zero-order valence-electron chi connectivity index (χ0n) is 25.4. The van der Waals surface area contributed by atoms with Gasteiger partial charge in [0.15, 0.2) is 0 Å². The van der Waals surface area contributed by atoms with Gasteiger partial charge in [0.1, 0.15) is 0 Å². The molecule has 2 aliphatic rings. The molecule has 4 heterocycles. The van der Waals surface area contributed by atoms with E-state index in [9.17, 15) is 0 Å². The Bertz CT molecular complexity index is 2950. The summed E-state index contributed by atoms with van der Waals surface area (Å²) in [7, 11) is 0. The maximum Gasteiger partial charge on any atom is 0.333 e. The Balaban J connectivity index is 1.28. The van der Waals surface area contributed by atoms with Gasteiger partial charge in [-0.05, 0) is 85.9 Å². The van der Waals surface area contributed by atoms with Crippen LogP contribution in [0.25, 0.3) is 93.5 Å². The van der Waals surface area contributed by atoms with E-state index in [4.69, 9.17) is 0 Å². The number of fused-ring (bicyclic) bond motifs is 8. The largest absolute Gasteiger partial charge is 0.375 e. The molecule has 2 aliphatic heterocycles. The topological polar surface area (TPSA) is 9.86 Å². The van der Waals surface area contributed by atoms with Crippen LogP contribution in [0.4, 0.5) is 0 Å². The fraction of sp³-hybridized carbons (Fsp3) is 0. The van der Waals surface area contributed by atoms with Gasteiger partial charge in [-0.1, -0.05) is 115 Å². The SMILES string of the molecule is c1ccc(-c2ccc3c(c2)c2cc(-c4ccccc4)cc4c2n3B2c3c-4cccc3-n3c4cccc5ccc6ccc2c3c6c54)cc1. The van der Waals surface area contributed by atoms with Crippen LogP contribution in [0.3, 0.4) is 0 Å². The van der Waals surface area contributed by atoms with Gasteiger partial charge in [0, 0.05) is 43.8 Å². The van der Waals surface area contributed by atoms with Crippen LogP contribution in [-0.2, 0) is 0 Å². The van der Waals surface area contributed by atoms with E-state index in [1.165, 1.54) is 104 Å². The molecule has 0 saturated carbocycles. The van der Waals surface area contributed by atoms with Crippen molar-refractivity contribution in [3.05, 3.63) is 152 Å². The summed E-state index contributed by atoms with van der Waals surface area (Å²) in [5.41, 5.74) is 17.0. The summed E-state index contributed by atoms with van der Waals surface area (Å²) in [5.74, 6) is 0. The van der Waals surface area contributed by atoms with Gasteiger partial charge in [-0.2, -0.15) is 0 Å². The quantitative estimate of drug-likeness (QED) is 0.140. The maximum absolute atomic E-state index is 2.67. The number of hydrogen-bond acceptors (Lipinski definition) is 0. The summed E-state index contributed by atoms with van der Waals surface area (Å²) in [6.45, 7) is 0.0686. The van der Waals surface area contributed by atoms with Crippen molar-refractivity contribution in [1.82, 2.24) is 9.05 Å². The summed E-state index contributed by atoms with van der Waals surface area (Å²) in [6.07, 6.45) is 0. The molecule has 3 heteroatoms. The van der Waals surface area contributed by atoms with Crippen molar-refractivity contribution in [3.63, 3.8) is 0 Å². The molecule has 0 atom stereocenters. The lowest BCUT2D eigenvalue weighted by molar-refractivity contribution is 1.18. The van der Waals surface area contributed by atoms with E-state index in [1.807, 2.05) is 0 Å². The summed E-state index contributed by atoms with van der Waals surface area (Å²) >= 11 is 0. The first kappa shape index (κ1) is 24.2. The highest BCUT2D eigenvalue weighted by Crippen LogP contribution is 2.46. The number of benzene rings is 8. The minimum atomic E-state index is 0.0686. The lowest BCUT2D eigenvalue weighted by Crippen LogP contribution is -2.55. The highest BCUT2D eigenvalue weighted by atomic mass is 15.0. The lowest BCUT2D eigenvalue weighted by Gasteiger charge is -2.34. The highest BCUT2D eigenvalue weighted by molar-refractivity contribution is 6.90. The maximum atomic E-state index is 2.67. The Kier molecular flexibility index (Phi) is 4.33. The second kappa shape index (κ2) is 8.40. The van der Waals surface area contributed by atoms with Crippen molar-refractivity contribution in [2.45, 2.75) is 0 Å². The predicted octanol–water partition coefficient (Wildman–Crippen LogP) is 9.76. The van der Waals surface area contributed by atoms with E-state index in [0.29, 0.717) is 0 Å². The van der Waals surface area contributed by atoms with Gasteiger partial charge >= 0.3 is 6.85 Å². The van der Waals surface area contributed by atoms with Crippen LogP contribution >= 0.6 is 0 Å². The molecule has 0 N–H and O–H groups in total. The Labute approximate surface area is 271 Å². The molecule has 0 unspecified atom stereocenters. The zero-order valence-corrected chi connectivity index (χ0v) is 25.4. The molecule has 214 valence electrons. The molecule has 0 amide bonds. The van der Waals surface area contributed by atoms with Crippen molar-refractivity contribution >= 4 is 72.2 Å². The predicted molar refractivity (Wildman–Crippen MR) is 199 cm³/mol. The molecular formula is C44H25BN2. The third kappa shape index (κ3) is 2.90. The molecule has 0 spiro atoms. The zero-order chi connectivity index (χ0) is 30.4. The van der Waals surface area contributed by atoms with E-state index in [0.717, 1.165) is 0 Å². The molecular weight excluding hydrogens is 567 g/mol. The number of hydrogen-bond donors (Lipinski definition) is 0. The number of aromatic nitrogens is 2. The van der Waals surface area contributed by atoms with Gasteiger partial charge in [-0.3, -0.25) is 0 Å². The van der Waals surface area contributed by atoms with Crippen molar-refractivity contribution in [2.75, 3.05) is 0 Å². The third-order valence-electron chi connectivity index (χ3n) is 11.0. The fourth-order valence-electron chi connectivity index (χ4n) is 9.15. The highest BCUT2D eigenvalue weighted by Gasteiger charge is 2.41. The smallest absolute Gasteiger partial charge is 0.333 e. The Morgan fingerprint density at radius 2 is 1.15 bits per heavy atom. The monoisotopic (exact) mass is 592 g/mol. The van der Waals surface area contributed by atoms with Crippen LogP contribution in [0.1, 0.15) is 0 Å². The molecule has 2 nitrogen and oxygen atoms in total. The van der Waals surface area contributed by atoms with Crippen LogP contribution in [-0.4, -0.2) is 15.9 Å². The molecule has 0 fully saturated rings. The molecule has 0 radical (unpaired) electrons. The first-order valence-electron chi connectivity index (χ1n) is 16.5. The van der Waals surface area contributed by atoms with E-state index >= 15 is 0 Å². The van der Waals surface area contributed by atoms with Crippen molar-refractivity contribution in [3.8, 4) is 39.1 Å². The fourth-order valence-corrected chi connectivity index (χ4v) is 9.15. The van der Waals surface area contributed by atoms with Gasteiger partial charge in [-0.15, -0.1) is 0 Å². The van der Waals surface area contributed by atoms with Crippen LogP contribution in [0.5, 0.6) is 0 Å². The Morgan fingerprint density at radius 3 is 1.98 bits per heavy atom. The number of rotatable bonds is 2. The van der Waals surface area contributed by atoms with Gasteiger partial charge in [0.2, 0.25) is 0 Å². The molecule has 0 bridgehead atoms. The Morgan fingerprint density at radius 1 is 0.426 bits per heavy atom. The van der Waals surface area contributed by atoms with Crippen LogP contribution < -0.4 is 10.9 Å². The second-order valence-corrected chi connectivity index (χ2v) is 13.3. The van der Waals surface area contributed by atoms with Crippen LogP contribution in [0.15, 0.2) is 152 Å². The second-order valence-electron chi connectivity index (χ2n) is 13.3.